The number of H-pyrrole nitrogens is 2. The Bertz CT molecular complexity index is 325. The summed E-state index contributed by atoms with van der Waals surface area (Å²) >= 11 is 8.68. The van der Waals surface area contributed by atoms with E-state index in [1.165, 1.54) is 12.3 Å². The summed E-state index contributed by atoms with van der Waals surface area (Å²) in [5, 5.41) is 0.000000000000000222. The van der Waals surface area contributed by atoms with Crippen LogP contribution in [0, 0.1) is 4.77 Å². The predicted octanol–water partition coefficient (Wildman–Crippen LogP) is -0.379. The lowest BCUT2D eigenvalue weighted by Gasteiger charge is -1.78. The molecule has 0 unspecified atom stereocenters. The number of hydrogen-bond acceptors (Lipinski definition) is 3. The molecular formula is C5H8N4OS2. The second kappa shape index (κ2) is 5.44. The lowest BCUT2D eigenvalue weighted by Crippen LogP contribution is -2.18. The van der Waals surface area contributed by atoms with Crippen molar-refractivity contribution in [3.05, 3.63) is 27.4 Å². The molecule has 0 aliphatic carbocycles. The second-order valence-electron chi connectivity index (χ2n) is 1.70. The summed E-state index contributed by atoms with van der Waals surface area (Å²) in [4.78, 5) is 15.4. The van der Waals surface area contributed by atoms with Crippen LogP contribution in [0.5, 0.6) is 0 Å². The van der Waals surface area contributed by atoms with Gasteiger partial charge in [-0.15, -0.1) is 0 Å². The number of nitrogens with one attached hydrogen (secondary N) is 2. The van der Waals surface area contributed by atoms with Crippen LogP contribution in [0.25, 0.3) is 0 Å². The molecule has 0 radical (unpaired) electrons. The molecule has 0 saturated carbocycles. The fourth-order valence-corrected chi connectivity index (χ4v) is 0.551. The first-order chi connectivity index (χ1) is 5.52. The van der Waals surface area contributed by atoms with Crippen LogP contribution in [0.1, 0.15) is 0 Å². The fraction of sp³-hybridized carbons (Fsp3) is 0. The smallest absolute Gasteiger partial charge is 0.251 e. The average molecular weight is 204 g/mol. The van der Waals surface area contributed by atoms with Crippen LogP contribution in [0.3, 0.4) is 0 Å². The quantitative estimate of drug-likeness (QED) is 0.432. The molecule has 12 heavy (non-hydrogen) atoms. The Morgan fingerprint density at radius 2 is 2.00 bits per heavy atom. The number of hydrogen-bond donors (Lipinski definition) is 4. The van der Waals surface area contributed by atoms with Gasteiger partial charge < -0.3 is 16.5 Å². The first kappa shape index (κ1) is 10.8. The molecule has 5 nitrogen and oxygen atoms in total. The number of aromatic amines is 2. The van der Waals surface area contributed by atoms with E-state index in [4.69, 9.17) is 0 Å². The number of aromatic nitrogens is 2. The Labute approximate surface area is 78.8 Å². The first-order valence-electron chi connectivity index (χ1n) is 2.85. The Morgan fingerprint density at radius 1 is 1.50 bits per heavy atom. The molecule has 0 aromatic carbocycles. The molecule has 1 rings (SSSR count). The minimum atomic E-state index is -0.172. The molecule has 0 atom stereocenters. The lowest BCUT2D eigenvalue weighted by molar-refractivity contribution is 1.09. The number of thiocarbonyl (C=S) groups is 1. The highest BCUT2D eigenvalue weighted by Crippen LogP contribution is 1.67. The van der Waals surface area contributed by atoms with Crippen LogP contribution in [0.2, 0.25) is 0 Å². The van der Waals surface area contributed by atoms with Gasteiger partial charge in [0.05, 0.1) is 0 Å². The van der Waals surface area contributed by atoms with E-state index in [0.29, 0.717) is 4.77 Å². The molecule has 1 aromatic heterocycles. The monoisotopic (exact) mass is 204 g/mol. The van der Waals surface area contributed by atoms with Crippen molar-refractivity contribution < 1.29 is 0 Å². The molecule has 1 aromatic rings. The van der Waals surface area contributed by atoms with Gasteiger partial charge in [-0.25, -0.2) is 0 Å². The van der Waals surface area contributed by atoms with E-state index in [2.05, 4.69) is 45.9 Å². The highest BCUT2D eigenvalue weighted by atomic mass is 32.1. The van der Waals surface area contributed by atoms with Crippen molar-refractivity contribution in [2.45, 2.75) is 0 Å². The molecule has 0 amide bonds. The molecule has 66 valence electrons. The summed E-state index contributed by atoms with van der Waals surface area (Å²) in [5.41, 5.74) is 9.07. The molecule has 1 heterocycles. The normalized spacial score (nSPS) is 8.00. The van der Waals surface area contributed by atoms with Crippen LogP contribution in [-0.2, 0) is 0 Å². The van der Waals surface area contributed by atoms with Crippen molar-refractivity contribution in [1.29, 1.82) is 0 Å². The van der Waals surface area contributed by atoms with E-state index in [1.807, 2.05) is 0 Å². The zero-order valence-corrected chi connectivity index (χ0v) is 7.67. The maximum absolute atomic E-state index is 10.3. The molecule has 0 saturated heterocycles. The summed E-state index contributed by atoms with van der Waals surface area (Å²) in [6, 6.07) is 1.37. The van der Waals surface area contributed by atoms with E-state index in [9.17, 15) is 4.79 Å². The molecule has 0 bridgehead atoms. The number of nitrogens with two attached hydrogens (primary N) is 2. The van der Waals surface area contributed by atoms with Crippen molar-refractivity contribution in [3.8, 4) is 0 Å². The topological polar surface area (TPSA) is 101 Å². The molecule has 6 N–H and O–H groups in total. The van der Waals surface area contributed by atoms with E-state index < -0.39 is 0 Å². The van der Waals surface area contributed by atoms with E-state index in [-0.39, 0.29) is 10.7 Å². The minimum Gasteiger partial charge on any atom is -0.377 e. The Balaban J connectivity index is 0.000000261. The van der Waals surface area contributed by atoms with Crippen LogP contribution in [-0.4, -0.2) is 15.1 Å². The zero-order chi connectivity index (χ0) is 9.56. The van der Waals surface area contributed by atoms with Crippen LogP contribution < -0.4 is 17.0 Å². The zero-order valence-electron chi connectivity index (χ0n) is 6.03. The SMILES string of the molecule is NC(N)=S.O=c1cc[nH]c(=S)[nH]1. The maximum Gasteiger partial charge on any atom is 0.251 e. The van der Waals surface area contributed by atoms with Crippen molar-refractivity contribution in [1.82, 2.24) is 9.97 Å². The summed E-state index contributed by atoms with van der Waals surface area (Å²) in [6.45, 7) is 0. The molecule has 0 fully saturated rings. The van der Waals surface area contributed by atoms with Gasteiger partial charge in [-0.1, -0.05) is 0 Å². The van der Waals surface area contributed by atoms with Crippen LogP contribution in [0.4, 0.5) is 0 Å². The third-order valence-corrected chi connectivity index (χ3v) is 0.906. The first-order valence-corrected chi connectivity index (χ1v) is 3.67. The molecule has 7 heteroatoms. The van der Waals surface area contributed by atoms with Gasteiger partial charge in [-0.3, -0.25) is 9.78 Å². The summed E-state index contributed by atoms with van der Waals surface area (Å²) in [7, 11) is 0. The highest BCUT2D eigenvalue weighted by Gasteiger charge is 1.74. The van der Waals surface area contributed by atoms with Crippen molar-refractivity contribution in [3.63, 3.8) is 0 Å². The number of rotatable bonds is 0. The third kappa shape index (κ3) is 6.90. The standard InChI is InChI=1S/C4H4N2OS.CH4N2S/c7-3-1-2-5-4(8)6-3;2-1(3)4/h1-2H,(H2,5,6,7,8);(H4,2,3,4). The molecule has 0 spiro atoms. The summed E-state index contributed by atoms with van der Waals surface area (Å²) in [5.74, 6) is 0. The van der Waals surface area contributed by atoms with Crippen LogP contribution >= 0.6 is 24.4 Å². The molecule has 0 aliphatic rings. The largest absolute Gasteiger partial charge is 0.377 e. The van der Waals surface area contributed by atoms with Gasteiger partial charge in [0.15, 0.2) is 9.88 Å². The Morgan fingerprint density at radius 3 is 2.25 bits per heavy atom. The fourth-order valence-electron chi connectivity index (χ4n) is 0.383. The summed E-state index contributed by atoms with van der Waals surface area (Å²) in [6.07, 6.45) is 1.50. The van der Waals surface area contributed by atoms with Gasteiger partial charge in [-0.2, -0.15) is 0 Å². The van der Waals surface area contributed by atoms with Gasteiger partial charge in [0, 0.05) is 12.3 Å². The lowest BCUT2D eigenvalue weighted by atomic mass is 10.7. The highest BCUT2D eigenvalue weighted by molar-refractivity contribution is 7.80. The van der Waals surface area contributed by atoms with Gasteiger partial charge in [0.1, 0.15) is 0 Å². The van der Waals surface area contributed by atoms with Gasteiger partial charge in [-0.05, 0) is 24.4 Å². The maximum atomic E-state index is 10.3. The van der Waals surface area contributed by atoms with E-state index in [1.54, 1.807) is 0 Å². The van der Waals surface area contributed by atoms with Gasteiger partial charge in [0.25, 0.3) is 5.56 Å². The van der Waals surface area contributed by atoms with E-state index in [0.717, 1.165) is 0 Å². The molecule has 0 aliphatic heterocycles. The van der Waals surface area contributed by atoms with E-state index >= 15 is 0 Å². The predicted molar refractivity (Wildman–Crippen MR) is 53.2 cm³/mol. The Kier molecular flexibility index (Phi) is 4.89. The molecular weight excluding hydrogens is 196 g/mol. The average Bonchev–Trinajstić information content (AvgIpc) is 1.84. The Hall–Kier alpha value is -1.21. The van der Waals surface area contributed by atoms with Crippen molar-refractivity contribution >= 4 is 29.5 Å². The second-order valence-corrected chi connectivity index (χ2v) is 2.58. The van der Waals surface area contributed by atoms with Crippen molar-refractivity contribution in [2.24, 2.45) is 11.5 Å². The third-order valence-electron chi connectivity index (χ3n) is 0.686. The van der Waals surface area contributed by atoms with Crippen molar-refractivity contribution in [2.75, 3.05) is 0 Å². The van der Waals surface area contributed by atoms with Gasteiger partial charge in [0.2, 0.25) is 0 Å². The minimum absolute atomic E-state index is 0.000000000000000222. The van der Waals surface area contributed by atoms with Gasteiger partial charge >= 0.3 is 0 Å². The summed E-state index contributed by atoms with van der Waals surface area (Å²) < 4.78 is 0.359. The van der Waals surface area contributed by atoms with Crippen LogP contribution in [0.15, 0.2) is 17.1 Å².